The van der Waals surface area contributed by atoms with E-state index in [0.29, 0.717) is 5.02 Å². The molecule has 1 amide bonds. The Hall–Kier alpha value is -3.10. The second-order valence-corrected chi connectivity index (χ2v) is 9.47. The first-order valence-corrected chi connectivity index (χ1v) is 12.0. The van der Waals surface area contributed by atoms with Crippen molar-refractivity contribution in [1.82, 2.24) is 14.6 Å². The molecular formula is C24H24ClN5O2S. The first kappa shape index (κ1) is 21.7. The van der Waals surface area contributed by atoms with Gasteiger partial charge in [0.25, 0.3) is 0 Å². The lowest BCUT2D eigenvalue weighted by Gasteiger charge is -2.30. The molecule has 5 rings (SSSR count). The van der Waals surface area contributed by atoms with Gasteiger partial charge in [-0.3, -0.25) is 4.79 Å². The van der Waals surface area contributed by atoms with E-state index in [4.69, 9.17) is 26.4 Å². The van der Waals surface area contributed by atoms with Gasteiger partial charge in [0, 0.05) is 35.3 Å². The molecule has 0 radical (unpaired) electrons. The summed E-state index contributed by atoms with van der Waals surface area (Å²) in [7, 11) is 1.66. The van der Waals surface area contributed by atoms with Crippen LogP contribution < -0.4 is 15.0 Å². The molecule has 2 aromatic carbocycles. The summed E-state index contributed by atoms with van der Waals surface area (Å²) in [6.07, 6.45) is 3.51. The van der Waals surface area contributed by atoms with Gasteiger partial charge in [0.15, 0.2) is 0 Å². The number of aromatic nitrogens is 3. The van der Waals surface area contributed by atoms with E-state index in [1.54, 1.807) is 18.4 Å². The molecule has 0 bridgehead atoms. The van der Waals surface area contributed by atoms with Crippen molar-refractivity contribution >= 4 is 44.6 Å². The topological polar surface area (TPSA) is 71.8 Å². The summed E-state index contributed by atoms with van der Waals surface area (Å²) in [5.74, 6) is 0.850. The van der Waals surface area contributed by atoms with Crippen LogP contribution in [0.15, 0.2) is 48.7 Å². The highest BCUT2D eigenvalue weighted by Gasteiger charge is 2.27. The normalized spacial score (nSPS) is 14.6. The van der Waals surface area contributed by atoms with Crippen molar-refractivity contribution in [2.45, 2.75) is 19.8 Å². The fraction of sp³-hybridized carbons (Fsp3) is 0.292. The van der Waals surface area contributed by atoms with Crippen LogP contribution in [0.3, 0.4) is 0 Å². The molecule has 1 aliphatic heterocycles. The average molecular weight is 482 g/mol. The quantitative estimate of drug-likeness (QED) is 0.419. The zero-order valence-electron chi connectivity index (χ0n) is 18.4. The Kier molecular flexibility index (Phi) is 5.95. The molecule has 1 N–H and O–H groups in total. The minimum absolute atomic E-state index is 0.0228. The van der Waals surface area contributed by atoms with E-state index < -0.39 is 0 Å². The largest absolute Gasteiger partial charge is 0.497 e. The summed E-state index contributed by atoms with van der Waals surface area (Å²) in [6, 6.07) is 13.4. The third kappa shape index (κ3) is 4.41. The number of nitrogens with zero attached hydrogens (tertiary/aromatic N) is 4. The van der Waals surface area contributed by atoms with Gasteiger partial charge < -0.3 is 15.0 Å². The van der Waals surface area contributed by atoms with E-state index in [0.717, 1.165) is 64.3 Å². The van der Waals surface area contributed by atoms with Gasteiger partial charge in [-0.15, -0.1) is 5.10 Å². The van der Waals surface area contributed by atoms with Crippen molar-refractivity contribution in [3.8, 4) is 17.0 Å². The molecule has 3 heterocycles. The van der Waals surface area contributed by atoms with Crippen LogP contribution in [0.2, 0.25) is 5.02 Å². The van der Waals surface area contributed by atoms with Gasteiger partial charge in [0.1, 0.15) is 5.75 Å². The standard InChI is InChI=1S/C24H24ClN5O2S/c1-15-19(25)4-3-5-20(15)26-22(31)17-10-12-29(13-11-17)24-28-30-14-21(27-23(30)33-24)16-6-8-18(32-2)9-7-16/h3-9,14,17H,10-13H2,1-2H3,(H,26,31). The lowest BCUT2D eigenvalue weighted by atomic mass is 9.96. The van der Waals surface area contributed by atoms with Crippen molar-refractivity contribution in [3.63, 3.8) is 0 Å². The molecule has 0 saturated carbocycles. The van der Waals surface area contributed by atoms with Crippen LogP contribution in [0.1, 0.15) is 18.4 Å². The number of hydrogen-bond acceptors (Lipinski definition) is 6. The molecule has 0 unspecified atom stereocenters. The number of piperidine rings is 1. The van der Waals surface area contributed by atoms with Crippen molar-refractivity contribution < 1.29 is 9.53 Å². The Labute approximate surface area is 201 Å². The summed E-state index contributed by atoms with van der Waals surface area (Å²) in [5, 5.41) is 9.37. The first-order chi connectivity index (χ1) is 16.0. The van der Waals surface area contributed by atoms with E-state index in [2.05, 4.69) is 10.2 Å². The average Bonchev–Trinajstić information content (AvgIpc) is 3.42. The van der Waals surface area contributed by atoms with Gasteiger partial charge in [0.05, 0.1) is 19.0 Å². The third-order valence-corrected chi connectivity index (χ3v) is 7.47. The molecule has 1 fully saturated rings. The van der Waals surface area contributed by atoms with Crippen molar-refractivity contribution in [2.24, 2.45) is 5.92 Å². The predicted molar refractivity (Wildman–Crippen MR) is 133 cm³/mol. The van der Waals surface area contributed by atoms with Crippen LogP contribution in [0.5, 0.6) is 5.75 Å². The second-order valence-electron chi connectivity index (χ2n) is 8.13. The molecule has 1 saturated heterocycles. The fourth-order valence-electron chi connectivity index (χ4n) is 4.03. The van der Waals surface area contributed by atoms with Crippen molar-refractivity contribution in [1.29, 1.82) is 0 Å². The number of rotatable bonds is 5. The van der Waals surface area contributed by atoms with Crippen LogP contribution in [0, 0.1) is 12.8 Å². The summed E-state index contributed by atoms with van der Waals surface area (Å²) in [6.45, 7) is 3.49. The Bertz CT molecular complexity index is 1260. The van der Waals surface area contributed by atoms with E-state index in [1.165, 1.54) is 0 Å². The maximum absolute atomic E-state index is 12.8. The number of imidazole rings is 1. The van der Waals surface area contributed by atoms with Crippen LogP contribution in [-0.4, -0.2) is 40.7 Å². The van der Waals surface area contributed by atoms with E-state index in [9.17, 15) is 4.79 Å². The molecular weight excluding hydrogens is 458 g/mol. The second kappa shape index (κ2) is 9.03. The van der Waals surface area contributed by atoms with Crippen LogP contribution >= 0.6 is 22.9 Å². The maximum atomic E-state index is 12.8. The number of anilines is 2. The molecule has 0 aliphatic carbocycles. The SMILES string of the molecule is COc1ccc(-c2cn3nc(N4CCC(C(=O)Nc5cccc(Cl)c5C)CC4)sc3n2)cc1. The highest BCUT2D eigenvalue weighted by molar-refractivity contribution is 7.20. The van der Waals surface area contributed by atoms with Crippen molar-refractivity contribution in [2.75, 3.05) is 30.4 Å². The zero-order chi connectivity index (χ0) is 22.9. The highest BCUT2D eigenvalue weighted by atomic mass is 35.5. The molecule has 1 aliphatic rings. The highest BCUT2D eigenvalue weighted by Crippen LogP contribution is 2.31. The van der Waals surface area contributed by atoms with Gasteiger partial charge in [-0.05, 0) is 61.7 Å². The smallest absolute Gasteiger partial charge is 0.227 e. The van der Waals surface area contributed by atoms with Crippen LogP contribution in [-0.2, 0) is 4.79 Å². The number of amides is 1. The number of nitrogens with one attached hydrogen (secondary N) is 1. The monoisotopic (exact) mass is 481 g/mol. The molecule has 7 nitrogen and oxygen atoms in total. The lowest BCUT2D eigenvalue weighted by Crippen LogP contribution is -2.38. The van der Waals surface area contributed by atoms with E-state index in [-0.39, 0.29) is 11.8 Å². The fourth-order valence-corrected chi connectivity index (χ4v) is 5.14. The zero-order valence-corrected chi connectivity index (χ0v) is 20.0. The molecule has 0 spiro atoms. The molecule has 33 heavy (non-hydrogen) atoms. The Morgan fingerprint density at radius 2 is 1.94 bits per heavy atom. The first-order valence-electron chi connectivity index (χ1n) is 10.8. The summed E-state index contributed by atoms with van der Waals surface area (Å²) < 4.78 is 7.06. The Morgan fingerprint density at radius 3 is 2.64 bits per heavy atom. The minimum atomic E-state index is -0.0228. The number of methoxy groups -OCH3 is 1. The number of halogens is 1. The summed E-state index contributed by atoms with van der Waals surface area (Å²) in [5.41, 5.74) is 3.58. The summed E-state index contributed by atoms with van der Waals surface area (Å²) >= 11 is 7.74. The number of ether oxygens (including phenoxy) is 1. The molecule has 9 heteroatoms. The number of fused-ring (bicyclic) bond motifs is 1. The molecule has 4 aromatic rings. The van der Waals surface area contributed by atoms with E-state index >= 15 is 0 Å². The summed E-state index contributed by atoms with van der Waals surface area (Å²) in [4.78, 5) is 20.6. The number of carbonyl (C=O) groups excluding carboxylic acids is 1. The number of hydrogen-bond donors (Lipinski definition) is 1. The molecule has 170 valence electrons. The van der Waals surface area contributed by atoms with Gasteiger partial charge in [0.2, 0.25) is 16.0 Å². The number of carbonyl (C=O) groups is 1. The van der Waals surface area contributed by atoms with Gasteiger partial charge in [-0.25, -0.2) is 9.50 Å². The van der Waals surface area contributed by atoms with Crippen LogP contribution in [0.4, 0.5) is 10.8 Å². The maximum Gasteiger partial charge on any atom is 0.227 e. The van der Waals surface area contributed by atoms with Gasteiger partial charge in [-0.1, -0.05) is 29.0 Å². The van der Waals surface area contributed by atoms with Gasteiger partial charge in [-0.2, -0.15) is 0 Å². The Morgan fingerprint density at radius 1 is 1.18 bits per heavy atom. The van der Waals surface area contributed by atoms with Crippen molar-refractivity contribution in [3.05, 3.63) is 59.2 Å². The van der Waals surface area contributed by atoms with Gasteiger partial charge >= 0.3 is 0 Å². The van der Waals surface area contributed by atoms with Crippen LogP contribution in [0.25, 0.3) is 16.2 Å². The predicted octanol–water partition coefficient (Wildman–Crippen LogP) is 5.28. The Balaban J connectivity index is 1.22. The molecule has 0 atom stereocenters. The third-order valence-electron chi connectivity index (χ3n) is 6.08. The number of benzene rings is 2. The van der Waals surface area contributed by atoms with E-state index in [1.807, 2.05) is 60.1 Å². The minimum Gasteiger partial charge on any atom is -0.497 e. The lowest BCUT2D eigenvalue weighted by molar-refractivity contribution is -0.120. The molecule has 2 aromatic heterocycles.